The minimum absolute atomic E-state index is 0.0356. The summed E-state index contributed by atoms with van der Waals surface area (Å²) < 4.78 is 1.82. The molecule has 1 aromatic rings. The second kappa shape index (κ2) is 4.14. The average Bonchev–Trinajstić information content (AvgIpc) is 2.83. The van der Waals surface area contributed by atoms with Gasteiger partial charge in [0.1, 0.15) is 0 Å². The fourth-order valence-electron chi connectivity index (χ4n) is 1.95. The fourth-order valence-corrected chi connectivity index (χ4v) is 1.95. The molecule has 1 amide bonds. The Kier molecular flexibility index (Phi) is 2.95. The highest BCUT2D eigenvalue weighted by molar-refractivity contribution is 5.93. The standard InChI is InChI=1S/C12H20N4O/c1-12(2,3)16-7-9(6-14-16)11(17)15-5-4-10(13)8-15/h6-7,10H,4-5,8,13H2,1-3H3/t10-/m1/s1. The summed E-state index contributed by atoms with van der Waals surface area (Å²) in [5.41, 5.74) is 6.35. The maximum absolute atomic E-state index is 12.1. The maximum Gasteiger partial charge on any atom is 0.257 e. The highest BCUT2D eigenvalue weighted by Gasteiger charge is 2.26. The summed E-state index contributed by atoms with van der Waals surface area (Å²) in [6.45, 7) is 7.57. The van der Waals surface area contributed by atoms with Gasteiger partial charge >= 0.3 is 0 Å². The summed E-state index contributed by atoms with van der Waals surface area (Å²) in [5, 5.41) is 4.24. The van der Waals surface area contributed by atoms with Crippen LogP contribution in [-0.2, 0) is 5.54 Å². The van der Waals surface area contributed by atoms with Crippen molar-refractivity contribution < 1.29 is 4.79 Å². The molecule has 1 atom stereocenters. The van der Waals surface area contributed by atoms with Gasteiger partial charge < -0.3 is 10.6 Å². The number of carbonyl (C=O) groups is 1. The molecule has 2 N–H and O–H groups in total. The zero-order chi connectivity index (χ0) is 12.6. The molecule has 2 heterocycles. The van der Waals surface area contributed by atoms with Crippen LogP contribution in [0.15, 0.2) is 12.4 Å². The van der Waals surface area contributed by atoms with Crippen LogP contribution in [0.3, 0.4) is 0 Å². The number of aromatic nitrogens is 2. The number of carbonyl (C=O) groups excluding carboxylic acids is 1. The summed E-state index contributed by atoms with van der Waals surface area (Å²) in [4.78, 5) is 14.0. The molecule has 0 aromatic carbocycles. The van der Waals surface area contributed by atoms with Crippen LogP contribution in [0.25, 0.3) is 0 Å². The van der Waals surface area contributed by atoms with Crippen LogP contribution in [0.4, 0.5) is 0 Å². The minimum Gasteiger partial charge on any atom is -0.337 e. The fraction of sp³-hybridized carbons (Fsp3) is 0.667. The van der Waals surface area contributed by atoms with Crippen LogP contribution in [-0.4, -0.2) is 39.7 Å². The first-order valence-electron chi connectivity index (χ1n) is 5.98. The van der Waals surface area contributed by atoms with Crippen molar-refractivity contribution >= 4 is 5.91 Å². The number of nitrogens with zero attached hydrogens (tertiary/aromatic N) is 3. The van der Waals surface area contributed by atoms with Crippen molar-refractivity contribution in [3.63, 3.8) is 0 Å². The Hall–Kier alpha value is -1.36. The van der Waals surface area contributed by atoms with Gasteiger partial charge in [0.25, 0.3) is 5.91 Å². The number of amides is 1. The van der Waals surface area contributed by atoms with E-state index in [9.17, 15) is 4.79 Å². The van der Waals surface area contributed by atoms with Crippen LogP contribution in [0, 0.1) is 0 Å². The summed E-state index contributed by atoms with van der Waals surface area (Å²) >= 11 is 0. The molecule has 1 aliphatic rings. The maximum atomic E-state index is 12.1. The van der Waals surface area contributed by atoms with Gasteiger partial charge in [-0.15, -0.1) is 0 Å². The average molecular weight is 236 g/mol. The SMILES string of the molecule is CC(C)(C)n1cc(C(=O)N2CC[C@@H](N)C2)cn1. The molecule has 1 fully saturated rings. The van der Waals surface area contributed by atoms with Crippen molar-refractivity contribution in [1.29, 1.82) is 0 Å². The molecule has 1 aromatic heterocycles. The minimum atomic E-state index is -0.0973. The lowest BCUT2D eigenvalue weighted by molar-refractivity contribution is 0.0790. The molecule has 0 saturated carbocycles. The van der Waals surface area contributed by atoms with Crippen molar-refractivity contribution in [3.05, 3.63) is 18.0 Å². The summed E-state index contributed by atoms with van der Waals surface area (Å²) in [6.07, 6.45) is 4.34. The highest BCUT2D eigenvalue weighted by Crippen LogP contribution is 2.16. The molecule has 0 aliphatic carbocycles. The van der Waals surface area contributed by atoms with Crippen molar-refractivity contribution in [2.24, 2.45) is 5.73 Å². The molecule has 17 heavy (non-hydrogen) atoms. The molecule has 1 aliphatic heterocycles. The Balaban J connectivity index is 2.13. The molecule has 2 rings (SSSR count). The molecule has 94 valence electrons. The smallest absolute Gasteiger partial charge is 0.257 e. The predicted molar refractivity (Wildman–Crippen MR) is 65.7 cm³/mol. The number of likely N-dealkylation sites (tertiary alicyclic amines) is 1. The van der Waals surface area contributed by atoms with Gasteiger partial charge in [-0.25, -0.2) is 0 Å². The lowest BCUT2D eigenvalue weighted by Gasteiger charge is -2.19. The number of hydrogen-bond donors (Lipinski definition) is 1. The van der Waals surface area contributed by atoms with E-state index in [2.05, 4.69) is 25.9 Å². The van der Waals surface area contributed by atoms with Crippen LogP contribution in [0.1, 0.15) is 37.6 Å². The summed E-state index contributed by atoms with van der Waals surface area (Å²) in [7, 11) is 0. The first-order valence-corrected chi connectivity index (χ1v) is 5.98. The van der Waals surface area contributed by atoms with Crippen LogP contribution < -0.4 is 5.73 Å². The van der Waals surface area contributed by atoms with E-state index in [0.717, 1.165) is 13.0 Å². The normalized spacial score (nSPS) is 20.9. The monoisotopic (exact) mass is 236 g/mol. The molecule has 0 spiro atoms. The lowest BCUT2D eigenvalue weighted by Crippen LogP contribution is -2.31. The van der Waals surface area contributed by atoms with Gasteiger partial charge in [-0.3, -0.25) is 9.48 Å². The van der Waals surface area contributed by atoms with Crippen LogP contribution in [0.2, 0.25) is 0 Å². The van der Waals surface area contributed by atoms with Crippen LogP contribution in [0.5, 0.6) is 0 Å². The van der Waals surface area contributed by atoms with Crippen molar-refractivity contribution in [1.82, 2.24) is 14.7 Å². The van der Waals surface area contributed by atoms with Gasteiger partial charge in [-0.1, -0.05) is 0 Å². The molecule has 0 radical (unpaired) electrons. The Bertz CT molecular complexity index is 418. The first kappa shape index (κ1) is 12.1. The van der Waals surface area contributed by atoms with E-state index in [0.29, 0.717) is 12.1 Å². The quantitative estimate of drug-likeness (QED) is 0.785. The van der Waals surface area contributed by atoms with Gasteiger partial charge in [0.15, 0.2) is 0 Å². The largest absolute Gasteiger partial charge is 0.337 e. The molecule has 1 saturated heterocycles. The Labute approximate surface area is 102 Å². The topological polar surface area (TPSA) is 64.2 Å². The van der Waals surface area contributed by atoms with Gasteiger partial charge in [0, 0.05) is 25.3 Å². The molecule has 0 bridgehead atoms. The third-order valence-electron chi connectivity index (χ3n) is 3.03. The van der Waals surface area contributed by atoms with E-state index in [4.69, 9.17) is 5.73 Å². The van der Waals surface area contributed by atoms with Gasteiger partial charge in [-0.05, 0) is 27.2 Å². The second-order valence-electron chi connectivity index (χ2n) is 5.64. The number of hydrogen-bond acceptors (Lipinski definition) is 3. The highest BCUT2D eigenvalue weighted by atomic mass is 16.2. The van der Waals surface area contributed by atoms with E-state index in [1.807, 2.05) is 10.9 Å². The van der Waals surface area contributed by atoms with Crippen LogP contribution >= 0.6 is 0 Å². The lowest BCUT2D eigenvalue weighted by atomic mass is 10.1. The summed E-state index contributed by atoms with van der Waals surface area (Å²) in [6, 6.07) is 0.122. The van der Waals surface area contributed by atoms with Gasteiger partial charge in [-0.2, -0.15) is 5.10 Å². The Morgan fingerprint density at radius 3 is 2.71 bits per heavy atom. The first-order chi connectivity index (χ1) is 7.88. The third-order valence-corrected chi connectivity index (χ3v) is 3.03. The number of rotatable bonds is 1. The zero-order valence-electron chi connectivity index (χ0n) is 10.7. The Morgan fingerprint density at radius 2 is 2.24 bits per heavy atom. The Morgan fingerprint density at radius 1 is 1.53 bits per heavy atom. The molecular weight excluding hydrogens is 216 g/mol. The van der Waals surface area contributed by atoms with Gasteiger partial charge in [0.05, 0.1) is 17.3 Å². The van der Waals surface area contributed by atoms with E-state index in [1.54, 1.807) is 11.1 Å². The molecule has 5 nitrogen and oxygen atoms in total. The van der Waals surface area contributed by atoms with Crippen molar-refractivity contribution in [2.45, 2.75) is 38.8 Å². The predicted octanol–water partition coefficient (Wildman–Crippen LogP) is 0.811. The number of nitrogens with two attached hydrogens (primary N) is 1. The van der Waals surface area contributed by atoms with E-state index >= 15 is 0 Å². The van der Waals surface area contributed by atoms with Crippen molar-refractivity contribution in [2.75, 3.05) is 13.1 Å². The van der Waals surface area contributed by atoms with E-state index in [1.165, 1.54) is 0 Å². The van der Waals surface area contributed by atoms with Gasteiger partial charge in [0.2, 0.25) is 0 Å². The third kappa shape index (κ3) is 2.49. The zero-order valence-corrected chi connectivity index (χ0v) is 10.7. The van der Waals surface area contributed by atoms with E-state index < -0.39 is 0 Å². The summed E-state index contributed by atoms with van der Waals surface area (Å²) in [5.74, 6) is 0.0356. The molecular formula is C12H20N4O. The molecule has 5 heteroatoms. The van der Waals surface area contributed by atoms with Crippen molar-refractivity contribution in [3.8, 4) is 0 Å². The van der Waals surface area contributed by atoms with E-state index in [-0.39, 0.29) is 17.5 Å². The molecule has 0 unspecified atom stereocenters. The second-order valence-corrected chi connectivity index (χ2v) is 5.64.